The number of piperazine rings is 1. The van der Waals surface area contributed by atoms with Crippen molar-refractivity contribution in [1.82, 2.24) is 4.90 Å². The fourth-order valence-corrected chi connectivity index (χ4v) is 3.26. The van der Waals surface area contributed by atoms with E-state index in [1.165, 1.54) is 12.1 Å². The molecule has 0 saturated carbocycles. The molecule has 8 nitrogen and oxygen atoms in total. The van der Waals surface area contributed by atoms with E-state index >= 15 is 0 Å². The minimum atomic E-state index is -0.410. The van der Waals surface area contributed by atoms with Crippen molar-refractivity contribution in [2.75, 3.05) is 37.9 Å². The van der Waals surface area contributed by atoms with E-state index in [0.29, 0.717) is 37.7 Å². The molecular formula is C20H19N3O5. The average molecular weight is 381 g/mol. The van der Waals surface area contributed by atoms with Crippen molar-refractivity contribution < 1.29 is 19.2 Å². The Morgan fingerprint density at radius 1 is 1.00 bits per heavy atom. The van der Waals surface area contributed by atoms with Gasteiger partial charge < -0.3 is 19.3 Å². The minimum Gasteiger partial charge on any atom is -0.454 e. The largest absolute Gasteiger partial charge is 0.454 e. The molecule has 28 heavy (non-hydrogen) atoms. The molecule has 0 N–H and O–H groups in total. The van der Waals surface area contributed by atoms with E-state index in [1.54, 1.807) is 29.2 Å². The molecule has 2 aliphatic heterocycles. The van der Waals surface area contributed by atoms with Gasteiger partial charge in [0.2, 0.25) is 12.7 Å². The van der Waals surface area contributed by atoms with Gasteiger partial charge in [-0.1, -0.05) is 6.07 Å². The standard InChI is InChI=1S/C20H19N3O5/c24-20(8-2-15-1-7-18-19(13-15)28-14-27-18)22-11-9-21(10-12-22)16-3-5-17(6-4-16)23(25)26/h1-8,13H,9-12,14H2/b8-2-. The highest BCUT2D eigenvalue weighted by Gasteiger charge is 2.20. The molecule has 2 aromatic carbocycles. The van der Waals surface area contributed by atoms with Crippen LogP contribution in [0.1, 0.15) is 5.56 Å². The van der Waals surface area contributed by atoms with Crippen molar-refractivity contribution in [3.63, 3.8) is 0 Å². The Balaban J connectivity index is 1.33. The molecule has 0 aliphatic carbocycles. The zero-order valence-electron chi connectivity index (χ0n) is 15.1. The molecule has 8 heteroatoms. The summed E-state index contributed by atoms with van der Waals surface area (Å²) >= 11 is 0. The fraction of sp³-hybridized carbons (Fsp3) is 0.250. The van der Waals surface area contributed by atoms with Crippen LogP contribution in [-0.2, 0) is 4.79 Å². The van der Waals surface area contributed by atoms with Crippen LogP contribution in [0.4, 0.5) is 11.4 Å². The lowest BCUT2D eigenvalue weighted by molar-refractivity contribution is -0.384. The number of nitro groups is 1. The van der Waals surface area contributed by atoms with Gasteiger partial charge in [-0.3, -0.25) is 14.9 Å². The second kappa shape index (κ2) is 7.59. The summed E-state index contributed by atoms with van der Waals surface area (Å²) in [6, 6.07) is 12.0. The third-order valence-corrected chi connectivity index (χ3v) is 4.83. The van der Waals surface area contributed by atoms with Crippen LogP contribution in [0.5, 0.6) is 11.5 Å². The quantitative estimate of drug-likeness (QED) is 0.460. The van der Waals surface area contributed by atoms with Gasteiger partial charge in [-0.25, -0.2) is 0 Å². The number of nitro benzene ring substituents is 1. The van der Waals surface area contributed by atoms with Crippen LogP contribution < -0.4 is 14.4 Å². The maximum Gasteiger partial charge on any atom is 0.269 e. The normalized spacial score (nSPS) is 15.9. The minimum absolute atomic E-state index is 0.0407. The van der Waals surface area contributed by atoms with E-state index in [9.17, 15) is 14.9 Å². The van der Waals surface area contributed by atoms with Crippen LogP contribution in [0.25, 0.3) is 6.08 Å². The molecular weight excluding hydrogens is 362 g/mol. The predicted octanol–water partition coefficient (Wildman–Crippen LogP) is 2.69. The van der Waals surface area contributed by atoms with Crippen LogP contribution in [-0.4, -0.2) is 48.7 Å². The zero-order valence-corrected chi connectivity index (χ0v) is 15.1. The van der Waals surface area contributed by atoms with Gasteiger partial charge >= 0.3 is 0 Å². The van der Waals surface area contributed by atoms with E-state index in [4.69, 9.17) is 9.47 Å². The SMILES string of the molecule is O=C(/C=C\c1ccc2c(c1)OCO2)N1CCN(c2ccc([N+](=O)[O-])cc2)CC1. The van der Waals surface area contributed by atoms with E-state index in [0.717, 1.165) is 11.3 Å². The number of rotatable bonds is 4. The number of amides is 1. The Morgan fingerprint density at radius 3 is 2.43 bits per heavy atom. The van der Waals surface area contributed by atoms with Gasteiger partial charge in [0.05, 0.1) is 4.92 Å². The summed E-state index contributed by atoms with van der Waals surface area (Å²) in [6.07, 6.45) is 3.34. The monoisotopic (exact) mass is 381 g/mol. The van der Waals surface area contributed by atoms with Crippen LogP contribution >= 0.6 is 0 Å². The topological polar surface area (TPSA) is 85.2 Å². The number of carbonyl (C=O) groups is 1. The van der Waals surface area contributed by atoms with Gasteiger partial charge in [-0.15, -0.1) is 0 Å². The Labute approximate surface area is 161 Å². The number of fused-ring (bicyclic) bond motifs is 1. The molecule has 144 valence electrons. The van der Waals surface area contributed by atoms with Gasteiger partial charge in [-0.05, 0) is 35.9 Å². The van der Waals surface area contributed by atoms with Crippen molar-refractivity contribution in [2.45, 2.75) is 0 Å². The smallest absolute Gasteiger partial charge is 0.269 e. The lowest BCUT2D eigenvalue weighted by Gasteiger charge is -2.35. The van der Waals surface area contributed by atoms with Crippen molar-refractivity contribution in [2.24, 2.45) is 0 Å². The molecule has 2 aromatic rings. The fourth-order valence-electron chi connectivity index (χ4n) is 3.26. The second-order valence-corrected chi connectivity index (χ2v) is 6.53. The average Bonchev–Trinajstić information content (AvgIpc) is 3.20. The van der Waals surface area contributed by atoms with Crippen LogP contribution in [0, 0.1) is 10.1 Å². The second-order valence-electron chi connectivity index (χ2n) is 6.53. The number of ether oxygens (including phenoxy) is 2. The predicted molar refractivity (Wildman–Crippen MR) is 103 cm³/mol. The van der Waals surface area contributed by atoms with Gasteiger partial charge in [0.25, 0.3) is 5.69 Å². The zero-order chi connectivity index (χ0) is 19.5. The summed E-state index contributed by atoms with van der Waals surface area (Å²) in [5, 5.41) is 10.8. The number of nitrogens with zero attached hydrogens (tertiary/aromatic N) is 3. The molecule has 1 saturated heterocycles. The number of benzene rings is 2. The highest BCUT2D eigenvalue weighted by Crippen LogP contribution is 2.32. The van der Waals surface area contributed by atoms with Gasteiger partial charge in [0.15, 0.2) is 11.5 Å². The summed E-state index contributed by atoms with van der Waals surface area (Å²) in [7, 11) is 0. The molecule has 0 spiro atoms. The van der Waals surface area contributed by atoms with E-state index in [1.807, 2.05) is 18.2 Å². The van der Waals surface area contributed by atoms with Crippen molar-refractivity contribution >= 4 is 23.4 Å². The highest BCUT2D eigenvalue weighted by molar-refractivity contribution is 5.92. The van der Waals surface area contributed by atoms with Crippen molar-refractivity contribution in [1.29, 1.82) is 0 Å². The van der Waals surface area contributed by atoms with Gasteiger partial charge in [0.1, 0.15) is 0 Å². The summed E-state index contributed by atoms with van der Waals surface area (Å²) < 4.78 is 10.6. The van der Waals surface area contributed by atoms with Crippen molar-refractivity contribution in [3.05, 3.63) is 64.2 Å². The first-order chi connectivity index (χ1) is 13.6. The summed E-state index contributed by atoms with van der Waals surface area (Å²) in [6.45, 7) is 2.78. The summed E-state index contributed by atoms with van der Waals surface area (Å²) in [4.78, 5) is 26.7. The van der Waals surface area contributed by atoms with E-state index in [2.05, 4.69) is 4.90 Å². The number of hydrogen-bond donors (Lipinski definition) is 0. The molecule has 2 heterocycles. The lowest BCUT2D eigenvalue weighted by atomic mass is 10.2. The van der Waals surface area contributed by atoms with Crippen molar-refractivity contribution in [3.8, 4) is 11.5 Å². The molecule has 0 bridgehead atoms. The molecule has 0 radical (unpaired) electrons. The van der Waals surface area contributed by atoms with Crippen LogP contribution in [0.3, 0.4) is 0 Å². The van der Waals surface area contributed by atoms with Crippen LogP contribution in [0.15, 0.2) is 48.5 Å². The Bertz CT molecular complexity index is 918. The van der Waals surface area contributed by atoms with E-state index in [-0.39, 0.29) is 18.4 Å². The summed E-state index contributed by atoms with van der Waals surface area (Å²) in [5.74, 6) is 1.36. The number of non-ortho nitro benzene ring substituents is 1. The maximum atomic E-state index is 12.5. The number of anilines is 1. The lowest BCUT2D eigenvalue weighted by Crippen LogP contribution is -2.48. The molecule has 1 fully saturated rings. The molecule has 4 rings (SSSR count). The third-order valence-electron chi connectivity index (χ3n) is 4.83. The Morgan fingerprint density at radius 2 is 1.71 bits per heavy atom. The summed E-state index contributed by atoms with van der Waals surface area (Å²) in [5.41, 5.74) is 1.88. The van der Waals surface area contributed by atoms with Gasteiger partial charge in [0, 0.05) is 50.1 Å². The maximum absolute atomic E-state index is 12.5. The van der Waals surface area contributed by atoms with Gasteiger partial charge in [-0.2, -0.15) is 0 Å². The molecule has 0 unspecified atom stereocenters. The first-order valence-electron chi connectivity index (χ1n) is 8.96. The van der Waals surface area contributed by atoms with Crippen LogP contribution in [0.2, 0.25) is 0 Å². The van der Waals surface area contributed by atoms with E-state index < -0.39 is 4.92 Å². The first-order valence-corrected chi connectivity index (χ1v) is 8.96. The molecule has 1 amide bonds. The number of hydrogen-bond acceptors (Lipinski definition) is 6. The number of carbonyl (C=O) groups excluding carboxylic acids is 1. The first kappa shape index (κ1) is 17.8. The molecule has 2 aliphatic rings. The highest BCUT2D eigenvalue weighted by atomic mass is 16.7. The molecule has 0 atom stereocenters. The molecule has 0 aromatic heterocycles. The Kier molecular flexibility index (Phi) is 4.84. The Hall–Kier alpha value is -3.55. The third kappa shape index (κ3) is 3.75.